The number of rotatable bonds is 3. The summed E-state index contributed by atoms with van der Waals surface area (Å²) >= 11 is 0. The first-order valence-electron chi connectivity index (χ1n) is 1.98. The van der Waals surface area contributed by atoms with E-state index in [1.807, 2.05) is 0 Å². The Balaban J connectivity index is 3.73. The molecule has 1 N–H and O–H groups in total. The molecule has 0 saturated heterocycles. The predicted molar refractivity (Wildman–Crippen MR) is 26.8 cm³/mol. The zero-order valence-electron chi connectivity index (χ0n) is 4.94. The van der Waals surface area contributed by atoms with E-state index in [0.29, 0.717) is 0 Å². The first kappa shape index (κ1) is 9.00. The number of phosphoric acid groups is 1. The summed E-state index contributed by atoms with van der Waals surface area (Å²) in [6, 6.07) is 0. The van der Waals surface area contributed by atoms with Gasteiger partial charge >= 0.3 is 7.82 Å². The van der Waals surface area contributed by atoms with Crippen molar-refractivity contribution < 1.29 is 23.3 Å². The molecule has 0 aliphatic carbocycles. The van der Waals surface area contributed by atoms with Gasteiger partial charge in [-0.3, -0.25) is 4.89 Å². The molecule has 0 saturated carbocycles. The van der Waals surface area contributed by atoms with Gasteiger partial charge in [-0.05, 0) is 4.53 Å². The third kappa shape index (κ3) is 4.50. The Hall–Kier alpha value is -0.0000000000000000555. The van der Waals surface area contributed by atoms with E-state index in [4.69, 9.17) is 4.89 Å². The lowest BCUT2D eigenvalue weighted by atomic mass is 11.2. The molecule has 0 amide bonds. The zero-order valence-corrected chi connectivity index (χ0v) is 5.84. The fraction of sp³-hybridized carbons (Fsp3) is 1.00. The highest BCUT2D eigenvalue weighted by Gasteiger charge is 2.23. The second-order valence-electron chi connectivity index (χ2n) is 1.43. The summed E-state index contributed by atoms with van der Waals surface area (Å²) in [6.07, 6.45) is 0. The predicted octanol–water partition coefficient (Wildman–Crippen LogP) is 0.481. The van der Waals surface area contributed by atoms with E-state index in [-0.39, 0.29) is 0 Å². The quantitative estimate of drug-likeness (QED) is 0.479. The molecular weight excluding hydrogens is 152 g/mol. The topological polar surface area (TPSA) is 59.0 Å². The average molecular weight is 159 g/mol. The van der Waals surface area contributed by atoms with Crippen LogP contribution in [0.3, 0.4) is 0 Å². The van der Waals surface area contributed by atoms with Crippen molar-refractivity contribution in [3.63, 3.8) is 0 Å². The van der Waals surface area contributed by atoms with Crippen LogP contribution in [0.1, 0.15) is 0 Å². The van der Waals surface area contributed by atoms with Gasteiger partial charge in [0.1, 0.15) is 0 Å². The molecule has 0 aromatic heterocycles. The second kappa shape index (κ2) is 3.24. The standard InChI is InChI=1S/C2H7FNO4P/c1-4(2)8-9(5,6)7-3/h1-2H3,(H,5,6). The molecule has 0 fully saturated rings. The molecule has 0 rings (SSSR count). The van der Waals surface area contributed by atoms with Crippen LogP contribution < -0.4 is 0 Å². The van der Waals surface area contributed by atoms with Gasteiger partial charge < -0.3 is 0 Å². The van der Waals surface area contributed by atoms with Gasteiger partial charge in [0.05, 0.1) is 0 Å². The van der Waals surface area contributed by atoms with Crippen molar-refractivity contribution in [2.45, 2.75) is 0 Å². The fourth-order valence-electron chi connectivity index (χ4n) is 0.219. The number of halogens is 1. The molecule has 0 aromatic carbocycles. The average Bonchev–Trinajstić information content (AvgIpc) is 1.63. The van der Waals surface area contributed by atoms with E-state index in [2.05, 4.69) is 9.35 Å². The van der Waals surface area contributed by atoms with Crippen LogP contribution in [0, 0.1) is 0 Å². The molecule has 0 radical (unpaired) electrons. The first-order valence-corrected chi connectivity index (χ1v) is 3.47. The Morgan fingerprint density at radius 2 is 2.11 bits per heavy atom. The lowest BCUT2D eigenvalue weighted by Gasteiger charge is -2.10. The molecule has 5 nitrogen and oxygen atoms in total. The first-order chi connectivity index (χ1) is 3.98. The lowest BCUT2D eigenvalue weighted by Crippen LogP contribution is -2.10. The maximum absolute atomic E-state index is 11.0. The van der Waals surface area contributed by atoms with Gasteiger partial charge in [0.2, 0.25) is 0 Å². The highest BCUT2D eigenvalue weighted by atomic mass is 31.2. The minimum Gasteiger partial charge on any atom is -0.300 e. The van der Waals surface area contributed by atoms with Gasteiger partial charge in [-0.15, -0.1) is 0 Å². The molecule has 56 valence electrons. The Morgan fingerprint density at radius 1 is 1.67 bits per heavy atom. The maximum Gasteiger partial charge on any atom is 0.520 e. The van der Waals surface area contributed by atoms with E-state index in [1.165, 1.54) is 14.1 Å². The number of hydrogen-bond acceptors (Lipinski definition) is 4. The van der Waals surface area contributed by atoms with Crippen LogP contribution >= 0.6 is 7.82 Å². The molecule has 9 heavy (non-hydrogen) atoms. The summed E-state index contributed by atoms with van der Waals surface area (Å²) in [5, 5.41) is 0.861. The third-order valence-electron chi connectivity index (χ3n) is 0.354. The van der Waals surface area contributed by atoms with Gasteiger partial charge in [-0.1, -0.05) is 4.73 Å². The maximum atomic E-state index is 11.0. The lowest BCUT2D eigenvalue weighted by molar-refractivity contribution is -0.104. The van der Waals surface area contributed by atoms with Crippen LogP contribution in [-0.2, 0) is 13.9 Å². The highest BCUT2D eigenvalue weighted by molar-refractivity contribution is 7.47. The van der Waals surface area contributed by atoms with Crippen LogP contribution in [0.5, 0.6) is 0 Å². The van der Waals surface area contributed by atoms with Crippen molar-refractivity contribution >= 4 is 7.82 Å². The van der Waals surface area contributed by atoms with E-state index in [0.717, 1.165) is 5.06 Å². The largest absolute Gasteiger partial charge is 0.520 e. The van der Waals surface area contributed by atoms with Crippen LogP contribution in [0.2, 0.25) is 0 Å². The summed E-state index contributed by atoms with van der Waals surface area (Å²) in [7, 11) is -1.83. The molecule has 7 heteroatoms. The molecule has 0 bridgehead atoms. The summed E-state index contributed by atoms with van der Waals surface area (Å²) in [5.41, 5.74) is 0. The van der Waals surface area contributed by atoms with Gasteiger partial charge in [0.25, 0.3) is 0 Å². The van der Waals surface area contributed by atoms with E-state index < -0.39 is 7.82 Å². The monoisotopic (exact) mass is 159 g/mol. The SMILES string of the molecule is CN(C)OP(=O)(O)OF. The van der Waals surface area contributed by atoms with Crippen molar-refractivity contribution in [3.8, 4) is 0 Å². The van der Waals surface area contributed by atoms with E-state index in [9.17, 15) is 9.09 Å². The third-order valence-corrected chi connectivity index (χ3v) is 1.06. The summed E-state index contributed by atoms with van der Waals surface area (Å²) in [4.78, 5) is 8.19. The molecule has 0 heterocycles. The van der Waals surface area contributed by atoms with E-state index >= 15 is 0 Å². The Bertz CT molecular complexity index is 128. The van der Waals surface area contributed by atoms with Crippen molar-refractivity contribution in [2.24, 2.45) is 0 Å². The number of nitrogens with zero attached hydrogens (tertiary/aromatic N) is 1. The van der Waals surface area contributed by atoms with Crippen LogP contribution in [-0.4, -0.2) is 24.1 Å². The molecule has 0 aliphatic rings. The van der Waals surface area contributed by atoms with Gasteiger partial charge in [-0.25, -0.2) is 4.57 Å². The van der Waals surface area contributed by atoms with Crippen molar-refractivity contribution in [3.05, 3.63) is 0 Å². The molecule has 1 unspecified atom stereocenters. The van der Waals surface area contributed by atoms with E-state index in [1.54, 1.807) is 0 Å². The van der Waals surface area contributed by atoms with Crippen LogP contribution in [0.15, 0.2) is 0 Å². The van der Waals surface area contributed by atoms with Gasteiger partial charge in [0.15, 0.2) is 0 Å². The number of hydrogen-bond donors (Lipinski definition) is 1. The summed E-state index contributed by atoms with van der Waals surface area (Å²) < 4.78 is 27.6. The van der Waals surface area contributed by atoms with Gasteiger partial charge in [0, 0.05) is 14.1 Å². The van der Waals surface area contributed by atoms with Crippen LogP contribution in [0.25, 0.3) is 0 Å². The smallest absolute Gasteiger partial charge is 0.300 e. The molecule has 0 aliphatic heterocycles. The second-order valence-corrected chi connectivity index (χ2v) is 2.67. The number of hydroxylamine groups is 2. The normalized spacial score (nSPS) is 17.9. The zero-order chi connectivity index (χ0) is 7.49. The molecule has 0 spiro atoms. The Labute approximate surface area is 51.5 Å². The Morgan fingerprint density at radius 3 is 2.22 bits per heavy atom. The fourth-order valence-corrected chi connectivity index (χ4v) is 0.657. The molecule has 0 aromatic rings. The minimum absolute atomic E-state index is 0.861. The van der Waals surface area contributed by atoms with Crippen molar-refractivity contribution in [2.75, 3.05) is 14.1 Å². The van der Waals surface area contributed by atoms with Crippen LogP contribution in [0.4, 0.5) is 4.53 Å². The van der Waals surface area contributed by atoms with Crippen molar-refractivity contribution in [1.82, 2.24) is 5.06 Å². The summed E-state index contributed by atoms with van der Waals surface area (Å²) in [6.45, 7) is 0. The molecule has 1 atom stereocenters. The van der Waals surface area contributed by atoms with Gasteiger partial charge in [-0.2, -0.15) is 9.69 Å². The summed E-state index contributed by atoms with van der Waals surface area (Å²) in [5.74, 6) is 0. The highest BCUT2D eigenvalue weighted by Crippen LogP contribution is 2.43. The minimum atomic E-state index is -4.47. The van der Waals surface area contributed by atoms with Crippen molar-refractivity contribution in [1.29, 1.82) is 0 Å². The Kier molecular flexibility index (Phi) is 3.24. The molecular formula is C2H7FNO4P.